The first-order valence-corrected chi connectivity index (χ1v) is 5.98. The Labute approximate surface area is 111 Å². The Morgan fingerprint density at radius 2 is 2.00 bits per heavy atom. The number of nitrogens with zero attached hydrogens (tertiary/aromatic N) is 1. The van der Waals surface area contributed by atoms with Gasteiger partial charge in [0.05, 0.1) is 11.7 Å². The van der Waals surface area contributed by atoms with Gasteiger partial charge in [-0.05, 0) is 25.7 Å². The smallest absolute Gasteiger partial charge is 0.390 e. The van der Waals surface area contributed by atoms with Crippen molar-refractivity contribution in [1.29, 1.82) is 0 Å². The molecular weight excluding hydrogens is 257 g/mol. The second kappa shape index (κ2) is 6.88. The molecule has 3 nitrogen and oxygen atoms in total. The highest BCUT2D eigenvalue weighted by atomic mass is 19.4. The van der Waals surface area contributed by atoms with E-state index in [0.717, 1.165) is 12.1 Å². The third-order valence-corrected chi connectivity index (χ3v) is 2.54. The van der Waals surface area contributed by atoms with Gasteiger partial charge in [0.1, 0.15) is 0 Å². The van der Waals surface area contributed by atoms with Crippen molar-refractivity contribution in [1.82, 2.24) is 10.2 Å². The molecule has 0 spiro atoms. The second-order valence-electron chi connectivity index (χ2n) is 4.75. The summed E-state index contributed by atoms with van der Waals surface area (Å²) in [7, 11) is 3.69. The summed E-state index contributed by atoms with van der Waals surface area (Å²) >= 11 is 0. The highest BCUT2D eigenvalue weighted by Crippen LogP contribution is 2.29. The van der Waals surface area contributed by atoms with E-state index in [0.29, 0.717) is 25.2 Å². The van der Waals surface area contributed by atoms with E-state index in [1.54, 1.807) is 6.07 Å². The van der Waals surface area contributed by atoms with Crippen LogP contribution >= 0.6 is 0 Å². The Hall–Kier alpha value is -1.11. The van der Waals surface area contributed by atoms with Crippen LogP contribution in [-0.2, 0) is 12.7 Å². The van der Waals surface area contributed by atoms with Gasteiger partial charge in [-0.15, -0.1) is 0 Å². The van der Waals surface area contributed by atoms with Crippen LogP contribution < -0.4 is 5.32 Å². The molecule has 2 N–H and O–H groups in total. The molecule has 0 amide bonds. The molecule has 19 heavy (non-hydrogen) atoms. The number of nitrogens with one attached hydrogen (secondary N) is 1. The van der Waals surface area contributed by atoms with Crippen molar-refractivity contribution in [2.45, 2.75) is 18.8 Å². The number of hydrogen-bond acceptors (Lipinski definition) is 3. The first kappa shape index (κ1) is 15.9. The van der Waals surface area contributed by atoms with E-state index in [2.05, 4.69) is 5.32 Å². The fraction of sp³-hybridized carbons (Fsp3) is 0.538. The summed E-state index contributed by atoms with van der Waals surface area (Å²) in [6.45, 7) is 1.15. The highest BCUT2D eigenvalue weighted by molar-refractivity contribution is 5.25. The number of alkyl halides is 3. The fourth-order valence-electron chi connectivity index (χ4n) is 1.73. The van der Waals surface area contributed by atoms with E-state index in [1.165, 1.54) is 6.07 Å². The topological polar surface area (TPSA) is 35.5 Å². The highest BCUT2D eigenvalue weighted by Gasteiger charge is 2.30. The van der Waals surface area contributed by atoms with Crippen LogP contribution in [0.25, 0.3) is 0 Å². The molecule has 0 aromatic heterocycles. The summed E-state index contributed by atoms with van der Waals surface area (Å²) in [5.74, 6) is 0. The largest absolute Gasteiger partial charge is 0.416 e. The number of aliphatic hydroxyl groups is 1. The number of hydrogen-bond donors (Lipinski definition) is 2. The minimum atomic E-state index is -4.32. The fourth-order valence-corrected chi connectivity index (χ4v) is 1.73. The van der Waals surface area contributed by atoms with Crippen LogP contribution in [0.1, 0.15) is 11.1 Å². The van der Waals surface area contributed by atoms with Gasteiger partial charge in [0.15, 0.2) is 0 Å². The van der Waals surface area contributed by atoms with Gasteiger partial charge < -0.3 is 15.3 Å². The van der Waals surface area contributed by atoms with E-state index in [9.17, 15) is 18.3 Å². The van der Waals surface area contributed by atoms with Gasteiger partial charge in [0.25, 0.3) is 0 Å². The molecule has 0 aliphatic rings. The maximum atomic E-state index is 12.5. The Balaban J connectivity index is 2.46. The van der Waals surface area contributed by atoms with Gasteiger partial charge in [0, 0.05) is 19.6 Å². The lowest BCUT2D eigenvalue weighted by Crippen LogP contribution is -2.34. The van der Waals surface area contributed by atoms with Gasteiger partial charge >= 0.3 is 6.18 Å². The average Bonchev–Trinajstić information content (AvgIpc) is 2.27. The van der Waals surface area contributed by atoms with Crippen LogP contribution in [0.4, 0.5) is 13.2 Å². The van der Waals surface area contributed by atoms with E-state index in [-0.39, 0.29) is 0 Å². The number of benzene rings is 1. The zero-order valence-electron chi connectivity index (χ0n) is 11.0. The van der Waals surface area contributed by atoms with Crippen molar-refractivity contribution >= 4 is 0 Å². The van der Waals surface area contributed by atoms with Crippen LogP contribution in [0.15, 0.2) is 24.3 Å². The molecule has 1 atom stereocenters. The van der Waals surface area contributed by atoms with Crippen LogP contribution in [0, 0.1) is 0 Å². The predicted molar refractivity (Wildman–Crippen MR) is 67.7 cm³/mol. The minimum absolute atomic E-state index is 0.300. The van der Waals surface area contributed by atoms with E-state index < -0.39 is 17.8 Å². The quantitative estimate of drug-likeness (QED) is 0.830. The average molecular weight is 276 g/mol. The number of rotatable bonds is 6. The predicted octanol–water partition coefficient (Wildman–Crippen LogP) is 1.72. The summed E-state index contributed by atoms with van der Waals surface area (Å²) in [6.07, 6.45) is -4.86. The molecule has 108 valence electrons. The van der Waals surface area contributed by atoms with Crippen molar-refractivity contribution in [3.63, 3.8) is 0 Å². The molecule has 0 saturated carbocycles. The first-order chi connectivity index (χ1) is 8.79. The number of aliphatic hydroxyl groups excluding tert-OH is 1. The minimum Gasteiger partial charge on any atom is -0.390 e. The normalized spacial score (nSPS) is 13.8. The maximum absolute atomic E-state index is 12.5. The Morgan fingerprint density at radius 3 is 2.58 bits per heavy atom. The summed E-state index contributed by atoms with van der Waals surface area (Å²) < 4.78 is 37.5. The van der Waals surface area contributed by atoms with Gasteiger partial charge in [0.2, 0.25) is 0 Å². The third kappa shape index (κ3) is 6.04. The standard InChI is InChI=1S/C13H19F3N2O/c1-18(2)9-12(19)8-17-7-10-4-3-5-11(6-10)13(14,15)16/h3-6,12,17,19H,7-9H2,1-2H3. The number of halogens is 3. The molecule has 0 radical (unpaired) electrons. The van der Waals surface area contributed by atoms with Crippen LogP contribution in [0.5, 0.6) is 0 Å². The monoisotopic (exact) mass is 276 g/mol. The Kier molecular flexibility index (Phi) is 5.78. The SMILES string of the molecule is CN(C)CC(O)CNCc1cccc(C(F)(F)F)c1. The van der Waals surface area contributed by atoms with Gasteiger partial charge in [-0.25, -0.2) is 0 Å². The van der Waals surface area contributed by atoms with E-state index in [4.69, 9.17) is 0 Å². The molecule has 1 aromatic carbocycles. The zero-order chi connectivity index (χ0) is 14.5. The molecular formula is C13H19F3N2O. The summed E-state index contributed by atoms with van der Waals surface area (Å²) in [5.41, 5.74) is -0.104. The van der Waals surface area contributed by atoms with Gasteiger partial charge in [-0.3, -0.25) is 0 Å². The summed E-state index contributed by atoms with van der Waals surface area (Å²) in [5, 5.41) is 12.5. The third-order valence-electron chi connectivity index (χ3n) is 2.54. The van der Waals surface area contributed by atoms with Crippen molar-refractivity contribution in [2.75, 3.05) is 27.2 Å². The number of likely N-dealkylation sites (N-methyl/N-ethyl adjacent to an activating group) is 1. The van der Waals surface area contributed by atoms with E-state index >= 15 is 0 Å². The molecule has 0 aliphatic carbocycles. The van der Waals surface area contributed by atoms with Crippen molar-refractivity contribution in [3.8, 4) is 0 Å². The molecule has 1 rings (SSSR count). The lowest BCUT2D eigenvalue weighted by molar-refractivity contribution is -0.137. The molecule has 0 heterocycles. The van der Waals surface area contributed by atoms with Gasteiger partial charge in [-0.2, -0.15) is 13.2 Å². The zero-order valence-corrected chi connectivity index (χ0v) is 11.0. The Bertz CT molecular complexity index is 394. The van der Waals surface area contributed by atoms with Crippen molar-refractivity contribution in [3.05, 3.63) is 35.4 Å². The lowest BCUT2D eigenvalue weighted by Gasteiger charge is -2.16. The molecule has 6 heteroatoms. The summed E-state index contributed by atoms with van der Waals surface area (Å²) in [4.78, 5) is 1.84. The van der Waals surface area contributed by atoms with Crippen LogP contribution in [-0.4, -0.2) is 43.3 Å². The van der Waals surface area contributed by atoms with Crippen molar-refractivity contribution in [2.24, 2.45) is 0 Å². The van der Waals surface area contributed by atoms with Crippen LogP contribution in [0.2, 0.25) is 0 Å². The molecule has 0 saturated heterocycles. The summed E-state index contributed by atoms with van der Waals surface area (Å²) in [6, 6.07) is 5.17. The molecule has 1 unspecified atom stereocenters. The lowest BCUT2D eigenvalue weighted by atomic mass is 10.1. The van der Waals surface area contributed by atoms with Crippen LogP contribution in [0.3, 0.4) is 0 Å². The maximum Gasteiger partial charge on any atom is 0.416 e. The second-order valence-corrected chi connectivity index (χ2v) is 4.75. The molecule has 0 bridgehead atoms. The molecule has 1 aromatic rings. The first-order valence-electron chi connectivity index (χ1n) is 5.98. The Morgan fingerprint density at radius 1 is 1.32 bits per heavy atom. The molecule has 0 aliphatic heterocycles. The van der Waals surface area contributed by atoms with Crippen molar-refractivity contribution < 1.29 is 18.3 Å². The van der Waals surface area contributed by atoms with Gasteiger partial charge in [-0.1, -0.05) is 18.2 Å². The van der Waals surface area contributed by atoms with E-state index in [1.807, 2.05) is 19.0 Å². The molecule has 0 fully saturated rings.